The van der Waals surface area contributed by atoms with Crippen LogP contribution in [0.4, 0.5) is 13.2 Å². The van der Waals surface area contributed by atoms with Crippen LogP contribution in [0, 0.1) is 0 Å². The highest BCUT2D eigenvalue weighted by atomic mass is 127. The minimum Gasteiger partial charge on any atom is -0.283 e. The first-order valence-corrected chi connectivity index (χ1v) is 8.95. The molecule has 0 saturated heterocycles. The molecule has 0 aliphatic heterocycles. The molecule has 0 amide bonds. The van der Waals surface area contributed by atoms with Gasteiger partial charge >= 0.3 is 6.18 Å². The van der Waals surface area contributed by atoms with Crippen LogP contribution in [0.3, 0.4) is 0 Å². The predicted octanol–water partition coefficient (Wildman–Crippen LogP) is 5.71. The van der Waals surface area contributed by atoms with Gasteiger partial charge in [-0.15, -0.1) is 0 Å². The summed E-state index contributed by atoms with van der Waals surface area (Å²) in [6.07, 6.45) is -4.26. The van der Waals surface area contributed by atoms with Gasteiger partial charge in [-0.2, -0.15) is 13.2 Å². The van der Waals surface area contributed by atoms with E-state index in [2.05, 4.69) is 0 Å². The average Bonchev–Trinajstić information content (AvgIpc) is 2.50. The Kier molecular flexibility index (Phi) is 6.73. The Morgan fingerprint density at radius 3 is 1.91 bits per heavy atom. The molecule has 0 spiro atoms. The molecule has 1 unspecified atom stereocenters. The van der Waals surface area contributed by atoms with Crippen LogP contribution < -0.4 is 0 Å². The highest BCUT2D eigenvalue weighted by Crippen LogP contribution is 2.29. The fraction of sp³-hybridized carbons (Fsp3) is 0.294. The zero-order chi connectivity index (χ0) is 16.9. The van der Waals surface area contributed by atoms with Crippen LogP contribution >= 0.6 is 34.2 Å². The summed E-state index contributed by atoms with van der Waals surface area (Å²) in [6.45, 7) is 0.468. The Hall–Kier alpha value is -0.790. The van der Waals surface area contributed by atoms with E-state index in [-0.39, 0.29) is 17.5 Å². The van der Waals surface area contributed by atoms with E-state index in [4.69, 9.17) is 11.6 Å². The van der Waals surface area contributed by atoms with E-state index in [0.717, 1.165) is 11.1 Å². The van der Waals surface area contributed by atoms with Crippen LogP contribution in [0.25, 0.3) is 0 Å². The third-order valence-corrected chi connectivity index (χ3v) is 4.58. The van der Waals surface area contributed by atoms with Crippen molar-refractivity contribution in [1.82, 2.24) is 4.90 Å². The minimum absolute atomic E-state index is 0.0122. The highest BCUT2D eigenvalue weighted by molar-refractivity contribution is 14.1. The Balaban J connectivity index is 2.24. The molecule has 23 heavy (non-hydrogen) atoms. The second-order valence-corrected chi connectivity index (χ2v) is 6.55. The molecule has 1 nitrogen and oxygen atoms in total. The molecule has 0 N–H and O–H groups in total. The maximum atomic E-state index is 13.4. The van der Waals surface area contributed by atoms with Crippen molar-refractivity contribution in [2.75, 3.05) is 4.43 Å². The molecule has 0 bridgehead atoms. The van der Waals surface area contributed by atoms with Gasteiger partial charge in [0, 0.05) is 22.5 Å². The number of alkyl halides is 4. The lowest BCUT2D eigenvalue weighted by Gasteiger charge is -2.32. The van der Waals surface area contributed by atoms with Crippen LogP contribution in [0.5, 0.6) is 0 Å². The van der Waals surface area contributed by atoms with Gasteiger partial charge in [-0.3, -0.25) is 4.90 Å². The average molecular weight is 454 g/mol. The van der Waals surface area contributed by atoms with Gasteiger partial charge in [0.2, 0.25) is 0 Å². The standard InChI is InChI=1S/C17H16ClF3IN/c18-15-8-6-14(7-9-15)12-23(16(10-22)17(19,20)21)11-13-4-2-1-3-5-13/h1-9,16H,10-12H2. The number of halogens is 5. The van der Waals surface area contributed by atoms with Gasteiger partial charge in [0.05, 0.1) is 0 Å². The lowest BCUT2D eigenvalue weighted by Crippen LogP contribution is -2.46. The van der Waals surface area contributed by atoms with E-state index in [0.29, 0.717) is 5.02 Å². The molecule has 0 aromatic heterocycles. The molecule has 1 atom stereocenters. The van der Waals surface area contributed by atoms with Crippen molar-refractivity contribution >= 4 is 34.2 Å². The zero-order valence-corrected chi connectivity index (χ0v) is 15.1. The number of hydrogen-bond acceptors (Lipinski definition) is 1. The fourth-order valence-corrected chi connectivity index (χ4v) is 3.49. The molecular formula is C17H16ClF3IN. The maximum Gasteiger partial charge on any atom is 0.404 e. The molecule has 0 saturated carbocycles. The highest BCUT2D eigenvalue weighted by Gasteiger charge is 2.42. The van der Waals surface area contributed by atoms with E-state index in [1.165, 1.54) is 4.90 Å². The third kappa shape index (κ3) is 5.65. The van der Waals surface area contributed by atoms with Crippen molar-refractivity contribution in [1.29, 1.82) is 0 Å². The SMILES string of the molecule is FC(F)(F)C(CI)N(Cc1ccccc1)Cc1ccc(Cl)cc1. The molecule has 6 heteroatoms. The molecule has 2 aromatic carbocycles. The smallest absolute Gasteiger partial charge is 0.283 e. The zero-order valence-electron chi connectivity index (χ0n) is 12.2. The van der Waals surface area contributed by atoms with E-state index in [1.807, 2.05) is 30.3 Å². The van der Waals surface area contributed by atoms with Crippen molar-refractivity contribution in [3.05, 3.63) is 70.7 Å². The summed E-state index contributed by atoms with van der Waals surface area (Å²) in [6, 6.07) is 14.7. The lowest BCUT2D eigenvalue weighted by atomic mass is 10.1. The summed E-state index contributed by atoms with van der Waals surface area (Å²) in [5.41, 5.74) is 1.67. The molecule has 0 fully saturated rings. The number of benzene rings is 2. The van der Waals surface area contributed by atoms with Gasteiger partial charge in [-0.05, 0) is 23.3 Å². The number of nitrogens with zero attached hydrogens (tertiary/aromatic N) is 1. The van der Waals surface area contributed by atoms with Crippen molar-refractivity contribution in [3.8, 4) is 0 Å². The monoisotopic (exact) mass is 453 g/mol. The molecule has 0 heterocycles. The summed E-state index contributed by atoms with van der Waals surface area (Å²) < 4.78 is 40.1. The summed E-state index contributed by atoms with van der Waals surface area (Å²) in [4.78, 5) is 1.46. The van der Waals surface area contributed by atoms with E-state index in [9.17, 15) is 13.2 Å². The molecule has 2 aromatic rings. The topological polar surface area (TPSA) is 3.24 Å². The normalized spacial score (nSPS) is 13.3. The summed E-state index contributed by atoms with van der Waals surface area (Å²) in [5.74, 6) is 0. The van der Waals surface area contributed by atoms with Crippen molar-refractivity contribution in [2.45, 2.75) is 25.3 Å². The van der Waals surface area contributed by atoms with Crippen LogP contribution in [0.15, 0.2) is 54.6 Å². The molecule has 124 valence electrons. The maximum absolute atomic E-state index is 13.4. The van der Waals surface area contributed by atoms with E-state index >= 15 is 0 Å². The van der Waals surface area contributed by atoms with Gasteiger partial charge < -0.3 is 0 Å². The minimum atomic E-state index is -4.26. The lowest BCUT2D eigenvalue weighted by molar-refractivity contribution is -0.179. The van der Waals surface area contributed by atoms with Crippen LogP contribution in [-0.4, -0.2) is 21.5 Å². The largest absolute Gasteiger partial charge is 0.404 e. The van der Waals surface area contributed by atoms with Crippen LogP contribution in [0.1, 0.15) is 11.1 Å². The summed E-state index contributed by atoms with van der Waals surface area (Å²) >= 11 is 7.64. The first kappa shape index (κ1) is 18.5. The van der Waals surface area contributed by atoms with Gasteiger partial charge in [0.15, 0.2) is 0 Å². The number of hydrogen-bond donors (Lipinski definition) is 0. The number of rotatable bonds is 6. The Labute approximate surface area is 152 Å². The van der Waals surface area contributed by atoms with Gasteiger partial charge in [0.1, 0.15) is 6.04 Å². The van der Waals surface area contributed by atoms with Crippen LogP contribution in [-0.2, 0) is 13.1 Å². The molecule has 2 rings (SSSR count). The summed E-state index contributed by atoms with van der Waals surface area (Å²) in [5, 5.41) is 0.574. The van der Waals surface area contributed by atoms with E-state index in [1.54, 1.807) is 46.9 Å². The molecule has 0 aliphatic rings. The van der Waals surface area contributed by atoms with Crippen molar-refractivity contribution < 1.29 is 13.2 Å². The summed E-state index contributed by atoms with van der Waals surface area (Å²) in [7, 11) is 0. The van der Waals surface area contributed by atoms with Gasteiger partial charge in [0.25, 0.3) is 0 Å². The quantitative estimate of drug-likeness (QED) is 0.400. The van der Waals surface area contributed by atoms with Crippen molar-refractivity contribution in [3.63, 3.8) is 0 Å². The predicted molar refractivity (Wildman–Crippen MR) is 95.9 cm³/mol. The molecular weight excluding hydrogens is 438 g/mol. The van der Waals surface area contributed by atoms with Gasteiger partial charge in [-0.25, -0.2) is 0 Å². The van der Waals surface area contributed by atoms with Gasteiger partial charge in [-0.1, -0.05) is 76.7 Å². The Morgan fingerprint density at radius 1 is 0.913 bits per heavy atom. The Bertz CT molecular complexity index is 601. The fourth-order valence-electron chi connectivity index (χ4n) is 2.31. The van der Waals surface area contributed by atoms with Crippen LogP contribution in [0.2, 0.25) is 5.02 Å². The van der Waals surface area contributed by atoms with Crippen molar-refractivity contribution in [2.24, 2.45) is 0 Å². The first-order chi connectivity index (χ1) is 10.9. The third-order valence-electron chi connectivity index (χ3n) is 3.49. The van der Waals surface area contributed by atoms with E-state index < -0.39 is 12.2 Å². The second kappa shape index (κ2) is 8.35. The first-order valence-electron chi connectivity index (χ1n) is 7.05. The second-order valence-electron chi connectivity index (χ2n) is 5.23. The molecule has 0 aliphatic carbocycles. The molecule has 0 radical (unpaired) electrons. The Morgan fingerprint density at radius 2 is 1.43 bits per heavy atom.